The number of aryl methyl sites for hydroxylation is 2. The zero-order chi connectivity index (χ0) is 15.4. The fourth-order valence-electron chi connectivity index (χ4n) is 2.30. The number of nitrogens with one attached hydrogen (secondary N) is 1. The van der Waals surface area contributed by atoms with Crippen LogP contribution >= 0.6 is 11.3 Å². The Morgan fingerprint density at radius 1 is 1.19 bits per heavy atom. The van der Waals surface area contributed by atoms with Gasteiger partial charge >= 0.3 is 0 Å². The molecule has 2 rings (SSSR count). The molecule has 0 amide bonds. The number of aromatic nitrogens is 1. The first-order chi connectivity index (χ1) is 10.0. The van der Waals surface area contributed by atoms with Crippen LogP contribution in [0.2, 0.25) is 0 Å². The lowest BCUT2D eigenvalue weighted by Crippen LogP contribution is -2.18. The van der Waals surface area contributed by atoms with Gasteiger partial charge in [0.25, 0.3) is 0 Å². The van der Waals surface area contributed by atoms with E-state index in [0.717, 1.165) is 28.7 Å². The summed E-state index contributed by atoms with van der Waals surface area (Å²) in [5.74, 6) is 1.51. The van der Waals surface area contributed by atoms with Gasteiger partial charge in [0, 0.05) is 17.5 Å². The van der Waals surface area contributed by atoms with Gasteiger partial charge in [-0.2, -0.15) is 0 Å². The predicted octanol–water partition coefficient (Wildman–Crippen LogP) is 3.63. The summed E-state index contributed by atoms with van der Waals surface area (Å²) in [7, 11) is 3.30. The van der Waals surface area contributed by atoms with Crippen LogP contribution in [0.5, 0.6) is 11.5 Å². The molecule has 21 heavy (non-hydrogen) atoms. The van der Waals surface area contributed by atoms with Crippen molar-refractivity contribution >= 4 is 11.3 Å². The second kappa shape index (κ2) is 6.91. The molecule has 0 aliphatic carbocycles. The van der Waals surface area contributed by atoms with E-state index in [1.54, 1.807) is 25.6 Å². The fourth-order valence-corrected chi connectivity index (χ4v) is 3.26. The van der Waals surface area contributed by atoms with Crippen LogP contribution in [0.1, 0.15) is 34.1 Å². The van der Waals surface area contributed by atoms with Gasteiger partial charge in [-0.25, -0.2) is 4.98 Å². The Morgan fingerprint density at radius 3 is 2.48 bits per heavy atom. The number of rotatable bonds is 6. The number of benzene rings is 1. The predicted molar refractivity (Wildman–Crippen MR) is 86.4 cm³/mol. The van der Waals surface area contributed by atoms with Crippen LogP contribution in [0.3, 0.4) is 0 Å². The summed E-state index contributed by atoms with van der Waals surface area (Å²) in [6.07, 6.45) is 0. The second-order valence-electron chi connectivity index (χ2n) is 4.97. The van der Waals surface area contributed by atoms with E-state index in [9.17, 15) is 0 Å². The van der Waals surface area contributed by atoms with E-state index in [4.69, 9.17) is 9.47 Å². The van der Waals surface area contributed by atoms with Crippen molar-refractivity contribution in [1.29, 1.82) is 0 Å². The number of nitrogens with zero attached hydrogens (tertiary/aromatic N) is 1. The maximum Gasteiger partial charge on any atom is 0.161 e. The standard InChI is InChI=1S/C16H22N2O2S/c1-10(16-11(2)18-12(3)21-16)17-9-13-6-7-14(19-4)15(8-13)20-5/h6-8,10,17H,9H2,1-5H3. The summed E-state index contributed by atoms with van der Waals surface area (Å²) in [5.41, 5.74) is 2.28. The molecule has 1 heterocycles. The van der Waals surface area contributed by atoms with Crippen molar-refractivity contribution < 1.29 is 9.47 Å². The first-order valence-electron chi connectivity index (χ1n) is 6.93. The number of hydrogen-bond donors (Lipinski definition) is 1. The molecule has 5 heteroatoms. The first-order valence-corrected chi connectivity index (χ1v) is 7.75. The highest BCUT2D eigenvalue weighted by Crippen LogP contribution is 2.28. The smallest absolute Gasteiger partial charge is 0.161 e. The van der Waals surface area contributed by atoms with Gasteiger partial charge in [0.2, 0.25) is 0 Å². The molecule has 1 atom stereocenters. The minimum absolute atomic E-state index is 0.282. The summed E-state index contributed by atoms with van der Waals surface area (Å²) in [5, 5.41) is 4.65. The lowest BCUT2D eigenvalue weighted by molar-refractivity contribution is 0.354. The monoisotopic (exact) mass is 306 g/mol. The molecule has 1 aromatic carbocycles. The Bertz CT molecular complexity index is 610. The summed E-state index contributed by atoms with van der Waals surface area (Å²) in [6.45, 7) is 7.05. The van der Waals surface area contributed by atoms with Crippen molar-refractivity contribution in [2.24, 2.45) is 0 Å². The van der Waals surface area contributed by atoms with Crippen molar-refractivity contribution in [2.45, 2.75) is 33.4 Å². The lowest BCUT2D eigenvalue weighted by atomic mass is 10.1. The Kier molecular flexibility index (Phi) is 5.20. The summed E-state index contributed by atoms with van der Waals surface area (Å²) in [4.78, 5) is 5.78. The van der Waals surface area contributed by atoms with E-state index in [0.29, 0.717) is 0 Å². The van der Waals surface area contributed by atoms with Crippen LogP contribution in [0.15, 0.2) is 18.2 Å². The van der Waals surface area contributed by atoms with Crippen LogP contribution in [-0.2, 0) is 6.54 Å². The SMILES string of the molecule is COc1ccc(CNC(C)c2sc(C)nc2C)cc1OC. The molecule has 0 aliphatic heterocycles. The molecule has 114 valence electrons. The Hall–Kier alpha value is -1.59. The number of methoxy groups -OCH3 is 2. The van der Waals surface area contributed by atoms with Crippen LogP contribution in [-0.4, -0.2) is 19.2 Å². The zero-order valence-corrected chi connectivity index (χ0v) is 14.0. The molecular formula is C16H22N2O2S. The minimum Gasteiger partial charge on any atom is -0.493 e. The van der Waals surface area contributed by atoms with Gasteiger partial charge in [0.15, 0.2) is 11.5 Å². The molecule has 0 fully saturated rings. The number of hydrogen-bond acceptors (Lipinski definition) is 5. The second-order valence-corrected chi connectivity index (χ2v) is 6.21. The molecule has 0 saturated carbocycles. The van der Waals surface area contributed by atoms with Gasteiger partial charge in [-0.3, -0.25) is 0 Å². The van der Waals surface area contributed by atoms with Gasteiger partial charge in [0.05, 0.1) is 24.9 Å². The van der Waals surface area contributed by atoms with Gasteiger partial charge in [-0.1, -0.05) is 6.07 Å². The third-order valence-electron chi connectivity index (χ3n) is 3.39. The van der Waals surface area contributed by atoms with E-state index in [-0.39, 0.29) is 6.04 Å². The third kappa shape index (κ3) is 3.74. The maximum atomic E-state index is 5.33. The fraction of sp³-hybridized carbons (Fsp3) is 0.438. The highest BCUT2D eigenvalue weighted by molar-refractivity contribution is 7.11. The van der Waals surface area contributed by atoms with E-state index >= 15 is 0 Å². The van der Waals surface area contributed by atoms with Crippen LogP contribution in [0.25, 0.3) is 0 Å². The molecule has 0 spiro atoms. The largest absolute Gasteiger partial charge is 0.493 e. The van der Waals surface area contributed by atoms with Crippen molar-refractivity contribution in [3.63, 3.8) is 0 Å². The maximum absolute atomic E-state index is 5.33. The zero-order valence-electron chi connectivity index (χ0n) is 13.2. The molecule has 4 nitrogen and oxygen atoms in total. The average molecular weight is 306 g/mol. The van der Waals surface area contributed by atoms with Crippen LogP contribution < -0.4 is 14.8 Å². The van der Waals surface area contributed by atoms with E-state index < -0.39 is 0 Å². The van der Waals surface area contributed by atoms with Gasteiger partial charge in [-0.15, -0.1) is 11.3 Å². The number of ether oxygens (including phenoxy) is 2. The van der Waals surface area contributed by atoms with Crippen molar-refractivity contribution in [3.05, 3.63) is 39.3 Å². The molecule has 1 unspecified atom stereocenters. The highest BCUT2D eigenvalue weighted by Gasteiger charge is 2.13. The Morgan fingerprint density at radius 2 is 1.90 bits per heavy atom. The average Bonchev–Trinajstić information content (AvgIpc) is 2.83. The molecule has 0 bridgehead atoms. The molecule has 0 saturated heterocycles. The van der Waals surface area contributed by atoms with E-state index in [2.05, 4.69) is 24.1 Å². The molecule has 2 aromatic rings. The molecule has 0 aliphatic rings. The normalized spacial score (nSPS) is 12.2. The summed E-state index contributed by atoms with van der Waals surface area (Å²) < 4.78 is 10.6. The Labute approximate surface area is 130 Å². The van der Waals surface area contributed by atoms with Crippen LogP contribution in [0, 0.1) is 13.8 Å². The van der Waals surface area contributed by atoms with Gasteiger partial charge in [0.1, 0.15) is 0 Å². The molecule has 0 radical (unpaired) electrons. The quantitative estimate of drug-likeness (QED) is 0.885. The molecule has 1 N–H and O–H groups in total. The van der Waals surface area contributed by atoms with Crippen molar-refractivity contribution in [1.82, 2.24) is 10.3 Å². The minimum atomic E-state index is 0.282. The summed E-state index contributed by atoms with van der Waals surface area (Å²) in [6, 6.07) is 6.27. The highest BCUT2D eigenvalue weighted by atomic mass is 32.1. The van der Waals surface area contributed by atoms with E-state index in [1.807, 2.05) is 25.1 Å². The lowest BCUT2D eigenvalue weighted by Gasteiger charge is -2.14. The van der Waals surface area contributed by atoms with Gasteiger partial charge in [-0.05, 0) is 38.5 Å². The number of thiazole rings is 1. The van der Waals surface area contributed by atoms with Gasteiger partial charge < -0.3 is 14.8 Å². The third-order valence-corrected chi connectivity index (χ3v) is 4.65. The first kappa shape index (κ1) is 15.8. The van der Waals surface area contributed by atoms with Crippen molar-refractivity contribution in [3.8, 4) is 11.5 Å². The van der Waals surface area contributed by atoms with Crippen LogP contribution in [0.4, 0.5) is 0 Å². The van der Waals surface area contributed by atoms with Crippen molar-refractivity contribution in [2.75, 3.05) is 14.2 Å². The van der Waals surface area contributed by atoms with E-state index in [1.165, 1.54) is 10.4 Å². The molecule has 1 aromatic heterocycles. The molecular weight excluding hydrogens is 284 g/mol. The Balaban J connectivity index is 2.04. The topological polar surface area (TPSA) is 43.4 Å². The summed E-state index contributed by atoms with van der Waals surface area (Å²) >= 11 is 1.75.